The van der Waals surface area contributed by atoms with Crippen LogP contribution in [-0.4, -0.2) is 30.2 Å². The van der Waals surface area contributed by atoms with Crippen molar-refractivity contribution >= 4 is 5.91 Å². The number of hydrogen-bond acceptors (Lipinski definition) is 3. The Kier molecular flexibility index (Phi) is 6.09. The second-order valence-electron chi connectivity index (χ2n) is 5.77. The van der Waals surface area contributed by atoms with Crippen LogP contribution in [0.1, 0.15) is 52.4 Å². The zero-order valence-electron chi connectivity index (χ0n) is 11.7. The molecule has 4 N–H and O–H groups in total. The quantitative estimate of drug-likeness (QED) is 0.673. The number of carbonyl (C=O) groups is 1. The maximum Gasteiger partial charge on any atom is 0.227 e. The van der Waals surface area contributed by atoms with E-state index in [1.54, 1.807) is 0 Å². The van der Waals surface area contributed by atoms with Crippen LogP contribution < -0.4 is 11.1 Å². The Morgan fingerprint density at radius 2 is 2.11 bits per heavy atom. The van der Waals surface area contributed by atoms with E-state index in [9.17, 15) is 9.90 Å². The van der Waals surface area contributed by atoms with E-state index in [4.69, 9.17) is 5.73 Å². The molecule has 1 amide bonds. The van der Waals surface area contributed by atoms with Gasteiger partial charge in [-0.1, -0.05) is 13.8 Å². The molecule has 18 heavy (non-hydrogen) atoms. The van der Waals surface area contributed by atoms with Gasteiger partial charge in [0.25, 0.3) is 0 Å². The van der Waals surface area contributed by atoms with Gasteiger partial charge in [-0.25, -0.2) is 0 Å². The van der Waals surface area contributed by atoms with Gasteiger partial charge < -0.3 is 16.2 Å². The SMILES string of the molecule is CCC(O)CCNC(=O)C1(CN)CCC(C)CC1. The second-order valence-corrected chi connectivity index (χ2v) is 5.77. The first-order valence-corrected chi connectivity index (χ1v) is 7.20. The van der Waals surface area contributed by atoms with Crippen LogP contribution in [-0.2, 0) is 4.79 Å². The minimum atomic E-state index is -0.357. The average Bonchev–Trinajstić information content (AvgIpc) is 2.39. The smallest absolute Gasteiger partial charge is 0.227 e. The molecule has 0 saturated heterocycles. The van der Waals surface area contributed by atoms with Crippen molar-refractivity contribution in [3.05, 3.63) is 0 Å². The maximum absolute atomic E-state index is 12.3. The summed E-state index contributed by atoms with van der Waals surface area (Å²) in [4.78, 5) is 12.3. The topological polar surface area (TPSA) is 75.3 Å². The van der Waals surface area contributed by atoms with E-state index in [1.165, 1.54) is 0 Å². The standard InChI is InChI=1S/C14H28N2O2/c1-3-12(17)6-9-16-13(18)14(10-15)7-4-11(2)5-8-14/h11-12,17H,3-10,15H2,1-2H3,(H,16,18). The van der Waals surface area contributed by atoms with Gasteiger partial charge in [-0.15, -0.1) is 0 Å². The number of carbonyl (C=O) groups excluding carboxylic acids is 1. The summed E-state index contributed by atoms with van der Waals surface area (Å²) in [6.45, 7) is 5.15. The van der Waals surface area contributed by atoms with Gasteiger partial charge in [0, 0.05) is 13.1 Å². The number of rotatable bonds is 6. The number of aliphatic hydroxyl groups is 1. The fourth-order valence-electron chi connectivity index (χ4n) is 2.58. The van der Waals surface area contributed by atoms with E-state index in [1.807, 2.05) is 6.92 Å². The second kappa shape index (κ2) is 7.10. The van der Waals surface area contributed by atoms with Gasteiger partial charge in [0.1, 0.15) is 0 Å². The van der Waals surface area contributed by atoms with Crippen molar-refractivity contribution in [2.45, 2.75) is 58.5 Å². The highest BCUT2D eigenvalue weighted by atomic mass is 16.3. The molecule has 0 aliphatic heterocycles. The molecule has 1 aliphatic rings. The van der Waals surface area contributed by atoms with Crippen LogP contribution in [0.25, 0.3) is 0 Å². The molecule has 1 fully saturated rings. The van der Waals surface area contributed by atoms with Crippen LogP contribution in [0.3, 0.4) is 0 Å². The number of nitrogens with two attached hydrogens (primary N) is 1. The summed E-state index contributed by atoms with van der Waals surface area (Å²) in [7, 11) is 0. The lowest BCUT2D eigenvalue weighted by Crippen LogP contribution is -2.48. The molecule has 0 bridgehead atoms. The molecular weight excluding hydrogens is 228 g/mol. The molecule has 1 aliphatic carbocycles. The average molecular weight is 256 g/mol. The molecule has 4 heteroatoms. The van der Waals surface area contributed by atoms with E-state index in [2.05, 4.69) is 12.2 Å². The van der Waals surface area contributed by atoms with Crippen LogP contribution in [0.2, 0.25) is 0 Å². The summed E-state index contributed by atoms with van der Waals surface area (Å²) in [6.07, 6.45) is 5.00. The van der Waals surface area contributed by atoms with Crippen molar-refractivity contribution in [1.29, 1.82) is 0 Å². The summed E-state index contributed by atoms with van der Waals surface area (Å²) in [5.41, 5.74) is 5.47. The van der Waals surface area contributed by atoms with Crippen molar-refractivity contribution in [1.82, 2.24) is 5.32 Å². The highest BCUT2D eigenvalue weighted by Gasteiger charge is 2.39. The Hall–Kier alpha value is -0.610. The van der Waals surface area contributed by atoms with E-state index >= 15 is 0 Å². The third kappa shape index (κ3) is 3.95. The van der Waals surface area contributed by atoms with E-state index in [-0.39, 0.29) is 17.4 Å². The molecule has 4 nitrogen and oxygen atoms in total. The zero-order chi connectivity index (χ0) is 13.6. The van der Waals surface area contributed by atoms with Crippen LogP contribution >= 0.6 is 0 Å². The predicted molar refractivity (Wildman–Crippen MR) is 73.0 cm³/mol. The molecule has 1 saturated carbocycles. The molecule has 0 heterocycles. The highest BCUT2D eigenvalue weighted by Crippen LogP contribution is 2.38. The lowest BCUT2D eigenvalue weighted by atomic mass is 9.70. The fraction of sp³-hybridized carbons (Fsp3) is 0.929. The molecule has 1 rings (SSSR count). The Bertz CT molecular complexity index is 261. The third-order valence-corrected chi connectivity index (χ3v) is 4.34. The van der Waals surface area contributed by atoms with Gasteiger partial charge in [0.2, 0.25) is 5.91 Å². The van der Waals surface area contributed by atoms with Crippen molar-refractivity contribution in [2.75, 3.05) is 13.1 Å². The van der Waals surface area contributed by atoms with Crippen LogP contribution in [0.4, 0.5) is 0 Å². The maximum atomic E-state index is 12.3. The zero-order valence-corrected chi connectivity index (χ0v) is 11.7. The first kappa shape index (κ1) is 15.4. The van der Waals surface area contributed by atoms with Gasteiger partial charge in [-0.05, 0) is 44.4 Å². The van der Waals surface area contributed by atoms with Gasteiger partial charge in [0.15, 0.2) is 0 Å². The summed E-state index contributed by atoms with van der Waals surface area (Å²) < 4.78 is 0. The van der Waals surface area contributed by atoms with Gasteiger partial charge in [0.05, 0.1) is 11.5 Å². The van der Waals surface area contributed by atoms with Gasteiger partial charge in [-0.2, -0.15) is 0 Å². The Labute approximate surface area is 110 Å². The third-order valence-electron chi connectivity index (χ3n) is 4.34. The lowest BCUT2D eigenvalue weighted by Gasteiger charge is -2.37. The molecule has 0 aromatic rings. The van der Waals surface area contributed by atoms with Crippen molar-refractivity contribution in [2.24, 2.45) is 17.1 Å². The monoisotopic (exact) mass is 256 g/mol. The molecular formula is C14H28N2O2. The molecule has 0 radical (unpaired) electrons. The summed E-state index contributed by atoms with van der Waals surface area (Å²) in [6, 6.07) is 0. The van der Waals surface area contributed by atoms with Crippen molar-refractivity contribution < 1.29 is 9.90 Å². The molecule has 0 spiro atoms. The fourth-order valence-corrected chi connectivity index (χ4v) is 2.58. The van der Waals surface area contributed by atoms with Crippen molar-refractivity contribution in [3.63, 3.8) is 0 Å². The largest absolute Gasteiger partial charge is 0.393 e. The number of hydrogen-bond donors (Lipinski definition) is 3. The highest BCUT2D eigenvalue weighted by molar-refractivity contribution is 5.83. The Balaban J connectivity index is 2.42. The summed E-state index contributed by atoms with van der Waals surface area (Å²) >= 11 is 0. The molecule has 1 unspecified atom stereocenters. The lowest BCUT2D eigenvalue weighted by molar-refractivity contribution is -0.132. The summed E-state index contributed by atoms with van der Waals surface area (Å²) in [5.74, 6) is 0.791. The first-order valence-electron chi connectivity index (χ1n) is 7.20. The van der Waals surface area contributed by atoms with E-state index in [0.29, 0.717) is 25.4 Å². The van der Waals surface area contributed by atoms with Gasteiger partial charge >= 0.3 is 0 Å². The molecule has 1 atom stereocenters. The predicted octanol–water partition coefficient (Wildman–Crippen LogP) is 1.42. The molecule has 0 aromatic heterocycles. The first-order chi connectivity index (χ1) is 8.54. The Morgan fingerprint density at radius 1 is 1.50 bits per heavy atom. The number of amides is 1. The summed E-state index contributed by atoms with van der Waals surface area (Å²) in [5, 5.41) is 12.4. The van der Waals surface area contributed by atoms with Crippen LogP contribution in [0, 0.1) is 11.3 Å². The normalized spacial score (nSPS) is 29.9. The van der Waals surface area contributed by atoms with Gasteiger partial charge in [-0.3, -0.25) is 4.79 Å². The van der Waals surface area contributed by atoms with Crippen LogP contribution in [0.15, 0.2) is 0 Å². The Morgan fingerprint density at radius 3 is 2.61 bits per heavy atom. The number of aliphatic hydroxyl groups excluding tert-OH is 1. The number of nitrogens with one attached hydrogen (secondary N) is 1. The molecule has 0 aromatic carbocycles. The minimum Gasteiger partial charge on any atom is -0.393 e. The van der Waals surface area contributed by atoms with E-state index in [0.717, 1.165) is 32.1 Å². The van der Waals surface area contributed by atoms with Crippen molar-refractivity contribution in [3.8, 4) is 0 Å². The van der Waals surface area contributed by atoms with E-state index < -0.39 is 0 Å². The molecule has 106 valence electrons. The minimum absolute atomic E-state index is 0.0835. The van der Waals surface area contributed by atoms with Crippen LogP contribution in [0.5, 0.6) is 0 Å².